The van der Waals surface area contributed by atoms with E-state index >= 15 is 0 Å². The third kappa shape index (κ3) is 3.27. The quantitative estimate of drug-likeness (QED) is 0.856. The third-order valence-corrected chi connectivity index (χ3v) is 5.53. The molecule has 118 valence electrons. The predicted molar refractivity (Wildman–Crippen MR) is 84.5 cm³/mol. The van der Waals surface area contributed by atoms with E-state index in [-0.39, 0.29) is 0 Å². The van der Waals surface area contributed by atoms with Crippen LogP contribution in [0.4, 0.5) is 0 Å². The van der Waals surface area contributed by atoms with Gasteiger partial charge in [-0.1, -0.05) is 37.8 Å². The number of nitrogens with zero attached hydrogens (tertiary/aromatic N) is 3. The first kappa shape index (κ1) is 15.3. The van der Waals surface area contributed by atoms with Gasteiger partial charge in [-0.2, -0.15) is 5.10 Å². The van der Waals surface area contributed by atoms with Crippen LogP contribution in [0.3, 0.4) is 0 Å². The molecule has 0 aromatic carbocycles. The van der Waals surface area contributed by atoms with Crippen molar-refractivity contribution in [1.82, 2.24) is 14.7 Å². The zero-order chi connectivity index (χ0) is 14.8. The smallest absolute Gasteiger partial charge is 0.131 e. The van der Waals surface area contributed by atoms with Crippen molar-refractivity contribution in [2.45, 2.75) is 39.2 Å². The van der Waals surface area contributed by atoms with E-state index in [9.17, 15) is 0 Å². The lowest BCUT2D eigenvalue weighted by molar-refractivity contribution is 0.0769. The summed E-state index contributed by atoms with van der Waals surface area (Å²) in [5.74, 6) is 1.57. The summed E-state index contributed by atoms with van der Waals surface area (Å²) < 4.78 is 7.63. The maximum Gasteiger partial charge on any atom is 0.131 e. The van der Waals surface area contributed by atoms with Gasteiger partial charge in [0.15, 0.2) is 0 Å². The Hall–Kier alpha value is -0.580. The lowest BCUT2D eigenvalue weighted by Gasteiger charge is -2.35. The molecule has 5 heteroatoms. The fraction of sp³-hybridized carbons (Fsp3) is 0.812. The van der Waals surface area contributed by atoms with Gasteiger partial charge < -0.3 is 4.74 Å². The topological polar surface area (TPSA) is 30.3 Å². The Bertz CT molecular complexity index is 484. The highest BCUT2D eigenvalue weighted by molar-refractivity contribution is 6.30. The molecule has 1 unspecified atom stereocenters. The normalized spacial score (nSPS) is 24.8. The van der Waals surface area contributed by atoms with E-state index in [1.165, 1.54) is 24.8 Å². The molecule has 4 nitrogen and oxygen atoms in total. The minimum atomic E-state index is 0.696. The molecule has 0 spiro atoms. The lowest BCUT2D eigenvalue weighted by Crippen LogP contribution is -2.35. The third-order valence-electron chi connectivity index (χ3n) is 5.06. The average molecular weight is 312 g/mol. The molecular weight excluding hydrogens is 286 g/mol. The molecule has 1 aromatic heterocycles. The summed E-state index contributed by atoms with van der Waals surface area (Å²) in [4.78, 5) is 2.51. The Labute approximate surface area is 132 Å². The first-order chi connectivity index (χ1) is 10.2. The first-order valence-corrected chi connectivity index (χ1v) is 8.57. The van der Waals surface area contributed by atoms with Crippen LogP contribution in [0.15, 0.2) is 0 Å². The van der Waals surface area contributed by atoms with Crippen LogP contribution in [-0.2, 0) is 24.8 Å². The molecule has 2 fully saturated rings. The lowest BCUT2D eigenvalue weighted by atomic mass is 9.76. The first-order valence-electron chi connectivity index (χ1n) is 8.19. The number of halogens is 1. The Morgan fingerprint density at radius 3 is 2.81 bits per heavy atom. The van der Waals surface area contributed by atoms with E-state index in [0.29, 0.717) is 5.92 Å². The van der Waals surface area contributed by atoms with E-state index < -0.39 is 0 Å². The highest BCUT2D eigenvalue weighted by atomic mass is 35.5. The zero-order valence-corrected chi connectivity index (χ0v) is 13.9. The highest BCUT2D eigenvalue weighted by Gasteiger charge is 2.31. The van der Waals surface area contributed by atoms with Gasteiger partial charge in [-0.3, -0.25) is 9.58 Å². The summed E-state index contributed by atoms with van der Waals surface area (Å²) >= 11 is 6.43. The van der Waals surface area contributed by atoms with Crippen LogP contribution >= 0.6 is 11.6 Å². The molecule has 1 aromatic rings. The van der Waals surface area contributed by atoms with Crippen molar-refractivity contribution in [3.05, 3.63) is 16.4 Å². The molecule has 0 N–H and O–H groups in total. The zero-order valence-electron chi connectivity index (χ0n) is 13.1. The van der Waals surface area contributed by atoms with Gasteiger partial charge in [0.1, 0.15) is 5.15 Å². The summed E-state index contributed by atoms with van der Waals surface area (Å²) in [6.45, 7) is 6.95. The van der Waals surface area contributed by atoms with Gasteiger partial charge in [0.25, 0.3) is 0 Å². The summed E-state index contributed by atoms with van der Waals surface area (Å²) in [7, 11) is 1.92. The molecule has 21 heavy (non-hydrogen) atoms. The Balaban J connectivity index is 1.70. The number of hydrogen-bond acceptors (Lipinski definition) is 3. The molecule has 0 radical (unpaired) electrons. The van der Waals surface area contributed by atoms with Crippen molar-refractivity contribution in [2.75, 3.05) is 26.3 Å². The molecular formula is C16H26ClN3O. The second kappa shape index (κ2) is 6.67. The number of aromatic nitrogens is 2. The van der Waals surface area contributed by atoms with Gasteiger partial charge in [-0.15, -0.1) is 0 Å². The number of rotatable bonds is 4. The van der Waals surface area contributed by atoms with Crippen LogP contribution in [0, 0.1) is 11.8 Å². The average Bonchev–Trinajstić information content (AvgIpc) is 2.60. The van der Waals surface area contributed by atoms with Crippen LogP contribution < -0.4 is 0 Å². The molecule has 2 heterocycles. The van der Waals surface area contributed by atoms with E-state index in [0.717, 1.165) is 56.0 Å². The maximum absolute atomic E-state index is 6.43. The second-order valence-electron chi connectivity index (χ2n) is 6.45. The fourth-order valence-electron chi connectivity index (χ4n) is 3.51. The van der Waals surface area contributed by atoms with Crippen molar-refractivity contribution < 1.29 is 4.74 Å². The summed E-state index contributed by atoms with van der Waals surface area (Å²) in [5, 5.41) is 5.31. The van der Waals surface area contributed by atoms with Gasteiger partial charge in [-0.25, -0.2) is 0 Å². The highest BCUT2D eigenvalue weighted by Crippen LogP contribution is 2.35. The molecule has 0 amide bonds. The minimum Gasteiger partial charge on any atom is -0.380 e. The molecule has 1 atom stereocenters. The summed E-state index contributed by atoms with van der Waals surface area (Å²) in [5.41, 5.74) is 2.34. The predicted octanol–water partition coefficient (Wildman–Crippen LogP) is 2.88. The van der Waals surface area contributed by atoms with Gasteiger partial charge in [-0.05, 0) is 18.3 Å². The van der Waals surface area contributed by atoms with Crippen molar-refractivity contribution in [3.63, 3.8) is 0 Å². The monoisotopic (exact) mass is 311 g/mol. The van der Waals surface area contributed by atoms with Crippen LogP contribution in [-0.4, -0.2) is 41.0 Å². The largest absolute Gasteiger partial charge is 0.380 e. The summed E-state index contributed by atoms with van der Waals surface area (Å²) in [6.07, 6.45) is 5.10. The molecule has 1 saturated heterocycles. The molecule has 2 aliphatic rings. The minimum absolute atomic E-state index is 0.696. The van der Waals surface area contributed by atoms with Gasteiger partial charge >= 0.3 is 0 Å². The van der Waals surface area contributed by atoms with E-state index in [4.69, 9.17) is 16.3 Å². The van der Waals surface area contributed by atoms with Gasteiger partial charge in [0.2, 0.25) is 0 Å². The Morgan fingerprint density at radius 2 is 2.14 bits per heavy atom. The maximum atomic E-state index is 6.43. The van der Waals surface area contributed by atoms with E-state index in [1.54, 1.807) is 4.68 Å². The number of ether oxygens (including phenoxy) is 1. The van der Waals surface area contributed by atoms with Crippen molar-refractivity contribution in [2.24, 2.45) is 18.9 Å². The molecule has 1 aliphatic heterocycles. The van der Waals surface area contributed by atoms with Crippen LogP contribution in [0.1, 0.15) is 37.4 Å². The standard InChI is InChI=1S/C16H26ClN3O/c1-3-15-14(16(17)19(2)18-15)10-20-7-8-21-11-13(9-20)12-5-4-6-12/h12-13H,3-11H2,1-2H3. The van der Waals surface area contributed by atoms with Crippen LogP contribution in [0.5, 0.6) is 0 Å². The van der Waals surface area contributed by atoms with Gasteiger partial charge in [0.05, 0.1) is 18.9 Å². The number of hydrogen-bond donors (Lipinski definition) is 0. The molecule has 0 bridgehead atoms. The van der Waals surface area contributed by atoms with Crippen molar-refractivity contribution in [3.8, 4) is 0 Å². The Morgan fingerprint density at radius 1 is 1.33 bits per heavy atom. The molecule has 1 aliphatic carbocycles. The van der Waals surface area contributed by atoms with Crippen molar-refractivity contribution in [1.29, 1.82) is 0 Å². The van der Waals surface area contributed by atoms with E-state index in [1.807, 2.05) is 7.05 Å². The SMILES string of the molecule is CCc1nn(C)c(Cl)c1CN1CCOCC(C2CCC2)C1. The van der Waals surface area contributed by atoms with E-state index in [2.05, 4.69) is 16.9 Å². The van der Waals surface area contributed by atoms with Crippen LogP contribution in [0.2, 0.25) is 5.15 Å². The molecule has 1 saturated carbocycles. The second-order valence-corrected chi connectivity index (χ2v) is 6.81. The Kier molecular flexibility index (Phi) is 4.87. The molecule has 3 rings (SSSR count). The summed E-state index contributed by atoms with van der Waals surface area (Å²) in [6, 6.07) is 0. The fourth-order valence-corrected chi connectivity index (χ4v) is 3.71. The van der Waals surface area contributed by atoms with Gasteiger partial charge in [0, 0.05) is 32.2 Å². The number of aryl methyl sites for hydroxylation is 2. The van der Waals surface area contributed by atoms with Crippen molar-refractivity contribution >= 4 is 11.6 Å². The van der Waals surface area contributed by atoms with Crippen LogP contribution in [0.25, 0.3) is 0 Å².